The first-order chi connectivity index (χ1) is 12.3. The number of hydrogen-bond acceptors (Lipinski definition) is 4. The van der Waals surface area contributed by atoms with Crippen LogP contribution in [0.5, 0.6) is 0 Å². The summed E-state index contributed by atoms with van der Waals surface area (Å²) in [6, 6.07) is 5.41. The summed E-state index contributed by atoms with van der Waals surface area (Å²) in [5.41, 5.74) is 1.79. The van der Waals surface area contributed by atoms with E-state index in [1.165, 1.54) is 0 Å². The van der Waals surface area contributed by atoms with Crippen molar-refractivity contribution in [2.45, 2.75) is 26.8 Å². The maximum atomic E-state index is 12.7. The second-order valence-electron chi connectivity index (χ2n) is 6.86. The van der Waals surface area contributed by atoms with Crippen LogP contribution in [0.4, 0.5) is 5.69 Å². The molecule has 0 aliphatic carbocycles. The smallest absolute Gasteiger partial charge is 0.239 e. The van der Waals surface area contributed by atoms with Crippen LogP contribution in [0, 0.1) is 6.92 Å². The minimum absolute atomic E-state index is 0.0934. The summed E-state index contributed by atoms with van der Waals surface area (Å²) < 4.78 is 0.979. The first-order valence-electron chi connectivity index (χ1n) is 9.09. The largest absolute Gasteiger partial charge is 0.339 e. The molecule has 1 heterocycles. The van der Waals surface area contributed by atoms with Gasteiger partial charge in [0.15, 0.2) is 0 Å². The summed E-state index contributed by atoms with van der Waals surface area (Å²) in [6.45, 7) is 10.5. The van der Waals surface area contributed by atoms with E-state index in [0.717, 1.165) is 48.4 Å². The molecule has 7 heteroatoms. The molecule has 2 rings (SSSR count). The van der Waals surface area contributed by atoms with E-state index in [9.17, 15) is 9.59 Å². The molecule has 6 nitrogen and oxygen atoms in total. The average Bonchev–Trinajstić information content (AvgIpc) is 2.62. The van der Waals surface area contributed by atoms with Gasteiger partial charge in [-0.05, 0) is 51.2 Å². The van der Waals surface area contributed by atoms with E-state index in [1.54, 1.807) is 4.90 Å². The third kappa shape index (κ3) is 5.53. The number of benzene rings is 1. The van der Waals surface area contributed by atoms with Crippen LogP contribution in [0.25, 0.3) is 0 Å². The van der Waals surface area contributed by atoms with Crippen molar-refractivity contribution >= 4 is 33.4 Å². The van der Waals surface area contributed by atoms with Crippen molar-refractivity contribution in [3.05, 3.63) is 28.2 Å². The van der Waals surface area contributed by atoms with Crippen LogP contribution in [-0.4, -0.2) is 78.9 Å². The molecule has 0 aromatic heterocycles. The van der Waals surface area contributed by atoms with Crippen LogP contribution in [-0.2, 0) is 9.59 Å². The molecule has 1 aliphatic heterocycles. The van der Waals surface area contributed by atoms with E-state index in [2.05, 4.69) is 33.1 Å². The van der Waals surface area contributed by atoms with Crippen molar-refractivity contribution in [3.8, 4) is 0 Å². The van der Waals surface area contributed by atoms with Crippen molar-refractivity contribution in [3.63, 3.8) is 0 Å². The van der Waals surface area contributed by atoms with Gasteiger partial charge < -0.3 is 15.1 Å². The van der Waals surface area contributed by atoms with Crippen LogP contribution < -0.4 is 5.32 Å². The lowest BCUT2D eigenvalue weighted by atomic mass is 10.2. The second-order valence-corrected chi connectivity index (χ2v) is 7.77. The minimum Gasteiger partial charge on any atom is -0.339 e. The summed E-state index contributed by atoms with van der Waals surface area (Å²) in [5, 5.41) is 2.92. The number of aryl methyl sites for hydroxylation is 1. The molecule has 1 fully saturated rings. The predicted molar refractivity (Wildman–Crippen MR) is 108 cm³/mol. The van der Waals surface area contributed by atoms with Crippen LogP contribution in [0.3, 0.4) is 0 Å². The molecule has 0 radical (unpaired) electrons. The highest BCUT2D eigenvalue weighted by Gasteiger charge is 2.27. The molecule has 1 aromatic rings. The quantitative estimate of drug-likeness (QED) is 0.759. The predicted octanol–water partition coefficient (Wildman–Crippen LogP) is 2.18. The molecule has 1 N–H and O–H groups in total. The van der Waals surface area contributed by atoms with Crippen LogP contribution >= 0.6 is 15.9 Å². The molecule has 0 bridgehead atoms. The topological polar surface area (TPSA) is 55.9 Å². The third-order valence-corrected chi connectivity index (χ3v) is 5.50. The van der Waals surface area contributed by atoms with Gasteiger partial charge in [-0.1, -0.05) is 22.9 Å². The molecule has 0 unspecified atom stereocenters. The number of likely N-dealkylation sites (N-methyl/N-ethyl adjacent to an activating group) is 2. The lowest BCUT2D eigenvalue weighted by Crippen LogP contribution is -2.54. The molecule has 2 amide bonds. The molecule has 1 aliphatic rings. The number of halogens is 1. The van der Waals surface area contributed by atoms with Gasteiger partial charge in [0, 0.05) is 36.3 Å². The molecule has 26 heavy (non-hydrogen) atoms. The van der Waals surface area contributed by atoms with E-state index in [-0.39, 0.29) is 24.4 Å². The Morgan fingerprint density at radius 1 is 1.27 bits per heavy atom. The molecule has 0 saturated carbocycles. The number of amides is 2. The van der Waals surface area contributed by atoms with Crippen LogP contribution in [0.1, 0.15) is 19.4 Å². The van der Waals surface area contributed by atoms with E-state index in [0.29, 0.717) is 0 Å². The standard InChI is InChI=1S/C19H29BrN4O2/c1-5-23-8-10-24(11-9-23)19(26)15(3)22(4)13-18(25)21-17-7-6-16(20)12-14(17)2/h6-7,12,15H,5,8-11,13H2,1-4H3,(H,21,25)/t15-/m0/s1. The summed E-state index contributed by atoms with van der Waals surface area (Å²) >= 11 is 3.42. The number of piperazine rings is 1. The number of anilines is 1. The lowest BCUT2D eigenvalue weighted by Gasteiger charge is -2.36. The molecular weight excluding hydrogens is 396 g/mol. The number of carbonyl (C=O) groups is 2. The fourth-order valence-corrected chi connectivity index (χ4v) is 3.53. The Balaban J connectivity index is 1.86. The van der Waals surface area contributed by atoms with Gasteiger partial charge in [0.2, 0.25) is 11.8 Å². The maximum absolute atomic E-state index is 12.7. The first kappa shape index (κ1) is 20.9. The Hall–Kier alpha value is -1.44. The maximum Gasteiger partial charge on any atom is 0.239 e. The van der Waals surface area contributed by atoms with E-state index in [1.807, 2.05) is 44.0 Å². The zero-order chi connectivity index (χ0) is 19.3. The highest BCUT2D eigenvalue weighted by atomic mass is 79.9. The molecule has 144 valence electrons. The summed E-state index contributed by atoms with van der Waals surface area (Å²) in [6.07, 6.45) is 0. The fraction of sp³-hybridized carbons (Fsp3) is 0.579. The molecule has 1 saturated heterocycles. The Morgan fingerprint density at radius 2 is 1.92 bits per heavy atom. The van der Waals surface area contributed by atoms with Gasteiger partial charge in [-0.15, -0.1) is 0 Å². The number of nitrogens with zero attached hydrogens (tertiary/aromatic N) is 3. The molecule has 1 atom stereocenters. The molecular formula is C19H29BrN4O2. The Morgan fingerprint density at radius 3 is 2.50 bits per heavy atom. The zero-order valence-electron chi connectivity index (χ0n) is 16.1. The van der Waals surface area contributed by atoms with E-state index >= 15 is 0 Å². The van der Waals surface area contributed by atoms with E-state index < -0.39 is 0 Å². The van der Waals surface area contributed by atoms with Gasteiger partial charge >= 0.3 is 0 Å². The van der Waals surface area contributed by atoms with Crippen molar-refractivity contribution < 1.29 is 9.59 Å². The van der Waals surface area contributed by atoms with Gasteiger partial charge in [0.05, 0.1) is 12.6 Å². The Bertz CT molecular complexity index is 644. The SMILES string of the molecule is CCN1CCN(C(=O)[C@H](C)N(C)CC(=O)Nc2ccc(Br)cc2C)CC1. The number of carbonyl (C=O) groups excluding carboxylic acids is 2. The van der Waals surface area contributed by atoms with E-state index in [4.69, 9.17) is 0 Å². The zero-order valence-corrected chi connectivity index (χ0v) is 17.7. The third-order valence-electron chi connectivity index (χ3n) is 5.01. The Labute approximate surface area is 164 Å². The highest BCUT2D eigenvalue weighted by molar-refractivity contribution is 9.10. The summed E-state index contributed by atoms with van der Waals surface area (Å²) in [5.74, 6) is -0.0238. The number of nitrogens with one attached hydrogen (secondary N) is 1. The van der Waals surface area contributed by atoms with Gasteiger partial charge in [-0.2, -0.15) is 0 Å². The summed E-state index contributed by atoms with van der Waals surface area (Å²) in [7, 11) is 1.82. The normalized spacial score (nSPS) is 16.6. The lowest BCUT2D eigenvalue weighted by molar-refractivity contribution is -0.138. The average molecular weight is 425 g/mol. The van der Waals surface area contributed by atoms with Crippen LogP contribution in [0.15, 0.2) is 22.7 Å². The monoisotopic (exact) mass is 424 g/mol. The van der Waals surface area contributed by atoms with Crippen LogP contribution in [0.2, 0.25) is 0 Å². The van der Waals surface area contributed by atoms with Crippen molar-refractivity contribution in [1.29, 1.82) is 0 Å². The first-order valence-corrected chi connectivity index (χ1v) is 9.88. The van der Waals surface area contributed by atoms with Crippen molar-refractivity contribution in [2.24, 2.45) is 0 Å². The number of hydrogen-bond donors (Lipinski definition) is 1. The fourth-order valence-electron chi connectivity index (χ4n) is 3.06. The second kappa shape index (κ2) is 9.48. The molecule has 0 spiro atoms. The van der Waals surface area contributed by atoms with Gasteiger partial charge in [0.1, 0.15) is 0 Å². The minimum atomic E-state index is -0.319. The number of rotatable bonds is 6. The van der Waals surface area contributed by atoms with Gasteiger partial charge in [0.25, 0.3) is 0 Å². The van der Waals surface area contributed by atoms with Gasteiger partial charge in [-0.3, -0.25) is 14.5 Å². The summed E-state index contributed by atoms with van der Waals surface area (Å²) in [4.78, 5) is 31.1. The Kier molecular flexibility index (Phi) is 7.61. The molecule has 1 aromatic carbocycles. The highest BCUT2D eigenvalue weighted by Crippen LogP contribution is 2.20. The van der Waals surface area contributed by atoms with Crippen molar-refractivity contribution in [2.75, 3.05) is 51.6 Å². The van der Waals surface area contributed by atoms with Crippen molar-refractivity contribution in [1.82, 2.24) is 14.7 Å². The van der Waals surface area contributed by atoms with Gasteiger partial charge in [-0.25, -0.2) is 0 Å².